The summed E-state index contributed by atoms with van der Waals surface area (Å²) in [5, 5.41) is 19.9. The van der Waals surface area contributed by atoms with Crippen LogP contribution in [-0.4, -0.2) is 51.6 Å². The van der Waals surface area contributed by atoms with Crippen molar-refractivity contribution >= 4 is 35.6 Å². The summed E-state index contributed by atoms with van der Waals surface area (Å²) in [6, 6.07) is 4.63. The monoisotopic (exact) mass is 341 g/mol. The van der Waals surface area contributed by atoms with Crippen LogP contribution in [0.3, 0.4) is 0 Å². The predicted octanol–water partition coefficient (Wildman–Crippen LogP) is 0.613. The number of aliphatic carboxylic acids is 2. The normalized spacial score (nSPS) is 11.3. The van der Waals surface area contributed by atoms with E-state index in [9.17, 15) is 19.2 Å². The highest BCUT2D eigenvalue weighted by Gasteiger charge is 2.23. The minimum absolute atomic E-state index is 0.0113. The summed E-state index contributed by atoms with van der Waals surface area (Å²) in [6.07, 6.45) is 0. The van der Waals surface area contributed by atoms with Crippen LogP contribution in [0.4, 0.5) is 0 Å². The van der Waals surface area contributed by atoms with E-state index in [0.717, 1.165) is 11.8 Å². The van der Waals surface area contributed by atoms with Gasteiger partial charge in [0.05, 0.1) is 11.3 Å². The number of carbonyl (C=O) groups excluding carboxylic acids is 2. The van der Waals surface area contributed by atoms with Crippen LogP contribution in [0.2, 0.25) is 0 Å². The Morgan fingerprint density at radius 3 is 2.43 bits per heavy atom. The second-order valence-electron chi connectivity index (χ2n) is 4.36. The third-order valence-electron chi connectivity index (χ3n) is 2.50. The molecule has 0 spiro atoms. The molecule has 0 saturated heterocycles. The first-order chi connectivity index (χ1) is 10.8. The lowest BCUT2D eigenvalue weighted by molar-refractivity contribution is -0.139. The molecular weight excluding hydrogens is 326 g/mol. The van der Waals surface area contributed by atoms with E-state index in [0.29, 0.717) is 0 Å². The molecule has 0 unspecified atom stereocenters. The first-order valence-corrected chi connectivity index (χ1v) is 7.57. The number of thioether (sulfide) groups is 1. The molecule has 0 aliphatic carbocycles. The first kappa shape index (κ1) is 18.5. The molecule has 0 heterocycles. The van der Waals surface area contributed by atoms with Gasteiger partial charge in [-0.3, -0.25) is 14.4 Å². The number of carboxylic acids is 2. The molecule has 0 bridgehead atoms. The quantitative estimate of drug-likeness (QED) is 0.463. The Hall–Kier alpha value is -2.55. The fourth-order valence-corrected chi connectivity index (χ4v) is 2.33. The summed E-state index contributed by atoms with van der Waals surface area (Å²) < 4.78 is 4.89. The number of hydrogen-bond donors (Lipinski definition) is 3. The highest BCUT2D eigenvalue weighted by Crippen LogP contribution is 2.18. The lowest BCUT2D eigenvalue weighted by Gasteiger charge is -2.15. The first-order valence-electron chi connectivity index (χ1n) is 6.42. The van der Waals surface area contributed by atoms with Crippen molar-refractivity contribution in [3.63, 3.8) is 0 Å². The fraction of sp³-hybridized carbons (Fsp3) is 0.286. The van der Waals surface area contributed by atoms with Gasteiger partial charge in [-0.25, -0.2) is 4.79 Å². The largest absolute Gasteiger partial charge is 0.481 e. The van der Waals surface area contributed by atoms with Crippen molar-refractivity contribution in [2.45, 2.75) is 13.0 Å². The summed E-state index contributed by atoms with van der Waals surface area (Å²) in [5.41, 5.74) is 0.0113. The van der Waals surface area contributed by atoms with Gasteiger partial charge in [0.15, 0.2) is 0 Å². The van der Waals surface area contributed by atoms with E-state index in [2.05, 4.69) is 5.32 Å². The molecule has 1 atom stereocenters. The third kappa shape index (κ3) is 6.39. The smallest absolute Gasteiger partial charge is 0.327 e. The Bertz CT molecular complexity index is 617. The van der Waals surface area contributed by atoms with Crippen LogP contribution in [-0.2, 0) is 14.4 Å². The number of para-hydroxylation sites is 1. The third-order valence-corrected chi connectivity index (χ3v) is 3.52. The lowest BCUT2D eigenvalue weighted by atomic mass is 10.1. The Morgan fingerprint density at radius 1 is 1.22 bits per heavy atom. The van der Waals surface area contributed by atoms with Crippen LogP contribution < -0.4 is 10.1 Å². The molecule has 1 amide bonds. The zero-order chi connectivity index (χ0) is 17.4. The van der Waals surface area contributed by atoms with Gasteiger partial charge in [-0.1, -0.05) is 12.1 Å². The number of carboxylic acid groups (broad SMARTS) is 2. The number of amides is 1. The van der Waals surface area contributed by atoms with Gasteiger partial charge < -0.3 is 20.3 Å². The number of carbonyl (C=O) groups is 4. The van der Waals surface area contributed by atoms with Crippen LogP contribution >= 0.6 is 11.8 Å². The van der Waals surface area contributed by atoms with Crippen LogP contribution in [0.5, 0.6) is 5.75 Å². The van der Waals surface area contributed by atoms with Crippen molar-refractivity contribution in [2.24, 2.45) is 0 Å². The Balaban J connectivity index is 2.81. The van der Waals surface area contributed by atoms with Crippen molar-refractivity contribution in [1.82, 2.24) is 5.32 Å². The van der Waals surface area contributed by atoms with Gasteiger partial charge in [0, 0.05) is 12.7 Å². The van der Waals surface area contributed by atoms with Gasteiger partial charge in [0.25, 0.3) is 5.91 Å². The molecular formula is C14H15NO7S. The zero-order valence-corrected chi connectivity index (χ0v) is 13.0. The summed E-state index contributed by atoms with van der Waals surface area (Å²) in [4.78, 5) is 44.8. The summed E-state index contributed by atoms with van der Waals surface area (Å²) >= 11 is 0.869. The number of benzene rings is 1. The molecule has 3 N–H and O–H groups in total. The molecule has 0 aliphatic heterocycles. The molecule has 1 aromatic carbocycles. The lowest BCUT2D eigenvalue weighted by Crippen LogP contribution is -2.42. The minimum Gasteiger partial charge on any atom is -0.481 e. The number of esters is 1. The van der Waals surface area contributed by atoms with E-state index in [4.69, 9.17) is 14.9 Å². The average molecular weight is 341 g/mol. The van der Waals surface area contributed by atoms with E-state index >= 15 is 0 Å². The van der Waals surface area contributed by atoms with Gasteiger partial charge in [0.2, 0.25) is 0 Å². The van der Waals surface area contributed by atoms with Crippen LogP contribution in [0, 0.1) is 0 Å². The molecule has 124 valence electrons. The van der Waals surface area contributed by atoms with Gasteiger partial charge >= 0.3 is 17.9 Å². The maximum absolute atomic E-state index is 12.2. The molecule has 9 heteroatoms. The number of nitrogens with one attached hydrogen (secondary N) is 1. The van der Waals surface area contributed by atoms with Crippen molar-refractivity contribution in [3.05, 3.63) is 29.8 Å². The fourth-order valence-electron chi connectivity index (χ4n) is 1.57. The molecule has 23 heavy (non-hydrogen) atoms. The number of ether oxygens (including phenoxy) is 1. The van der Waals surface area contributed by atoms with Crippen molar-refractivity contribution in [3.8, 4) is 5.75 Å². The summed E-state index contributed by atoms with van der Waals surface area (Å²) in [6.45, 7) is 1.18. The van der Waals surface area contributed by atoms with Gasteiger partial charge in [-0.2, -0.15) is 0 Å². The van der Waals surface area contributed by atoms with E-state index in [1.54, 1.807) is 6.07 Å². The highest BCUT2D eigenvalue weighted by atomic mass is 32.2. The Labute approximate surface area is 135 Å². The van der Waals surface area contributed by atoms with E-state index in [1.807, 2.05) is 0 Å². The molecule has 0 aliphatic rings. The van der Waals surface area contributed by atoms with E-state index in [-0.39, 0.29) is 22.8 Å². The van der Waals surface area contributed by atoms with Crippen LogP contribution in [0.25, 0.3) is 0 Å². The van der Waals surface area contributed by atoms with Gasteiger partial charge in [-0.15, -0.1) is 11.8 Å². The van der Waals surface area contributed by atoms with E-state index < -0.39 is 29.9 Å². The van der Waals surface area contributed by atoms with Gasteiger partial charge in [-0.05, 0) is 12.1 Å². The van der Waals surface area contributed by atoms with E-state index in [1.165, 1.54) is 25.1 Å². The molecule has 1 aromatic rings. The maximum atomic E-state index is 12.2. The molecule has 0 radical (unpaired) electrons. The molecule has 0 aromatic heterocycles. The highest BCUT2D eigenvalue weighted by molar-refractivity contribution is 8.00. The molecule has 0 saturated carbocycles. The topological polar surface area (TPSA) is 130 Å². The second kappa shape index (κ2) is 8.79. The van der Waals surface area contributed by atoms with Crippen LogP contribution in [0.1, 0.15) is 17.3 Å². The number of hydrogen-bond acceptors (Lipinski definition) is 6. The Kier molecular flexibility index (Phi) is 7.07. The molecule has 1 rings (SSSR count). The maximum Gasteiger partial charge on any atom is 0.327 e. The average Bonchev–Trinajstić information content (AvgIpc) is 2.45. The summed E-state index contributed by atoms with van der Waals surface area (Å²) in [7, 11) is 0. The SMILES string of the molecule is CC(=O)Oc1ccccc1C(=O)N[C@@H](CSCC(=O)O)C(=O)O. The summed E-state index contributed by atoms with van der Waals surface area (Å²) in [5.74, 6) is -4.08. The van der Waals surface area contributed by atoms with Crippen molar-refractivity contribution in [2.75, 3.05) is 11.5 Å². The minimum atomic E-state index is -1.29. The Morgan fingerprint density at radius 2 is 1.87 bits per heavy atom. The molecule has 0 fully saturated rings. The van der Waals surface area contributed by atoms with Crippen molar-refractivity contribution in [1.29, 1.82) is 0 Å². The second-order valence-corrected chi connectivity index (χ2v) is 5.39. The standard InChI is InChI=1S/C14H15NO7S/c1-8(16)22-11-5-3-2-4-9(11)13(19)15-10(14(20)21)6-23-7-12(17)18/h2-5,10H,6-7H2,1H3,(H,15,19)(H,17,18)(H,20,21)/t10-/m0/s1. The number of rotatable bonds is 8. The molecule has 8 nitrogen and oxygen atoms in total. The zero-order valence-electron chi connectivity index (χ0n) is 12.1. The van der Waals surface area contributed by atoms with Gasteiger partial charge in [0.1, 0.15) is 11.8 Å². The predicted molar refractivity (Wildman–Crippen MR) is 81.6 cm³/mol. The van der Waals surface area contributed by atoms with Crippen molar-refractivity contribution < 1.29 is 34.1 Å². The van der Waals surface area contributed by atoms with Crippen LogP contribution in [0.15, 0.2) is 24.3 Å².